The maximum Gasteiger partial charge on any atom is 0.224 e. The minimum absolute atomic E-state index is 0.105. The molecule has 1 aliphatic carbocycles. The molecule has 2 heterocycles. The molecule has 8 nitrogen and oxygen atoms in total. The van der Waals surface area contributed by atoms with Gasteiger partial charge < -0.3 is 20.9 Å². The average Bonchev–Trinajstić information content (AvgIpc) is 3.37. The number of hydrogen-bond donors (Lipinski definition) is 3. The topological polar surface area (TPSA) is 116 Å². The van der Waals surface area contributed by atoms with Crippen LogP contribution >= 0.6 is 0 Å². The zero-order valence-corrected chi connectivity index (χ0v) is 22.6. The number of nitrogens with two attached hydrogens (primary N) is 1. The second-order valence-corrected chi connectivity index (χ2v) is 10.9. The number of likely N-dealkylation sites (tertiary alicyclic amines) is 1. The highest BCUT2D eigenvalue weighted by Crippen LogP contribution is 2.59. The SMILES string of the molecule is CCC(=O)CCCCC[C@H](NC(=O)[C@H]1CC12CCN(C)CC2)c1ncc(-c2ccc(N)c(C=NC)c2)[nH]1. The van der Waals surface area contributed by atoms with Gasteiger partial charge in [0.2, 0.25) is 5.91 Å². The number of ketones is 1. The molecule has 0 bridgehead atoms. The van der Waals surface area contributed by atoms with Gasteiger partial charge in [0.1, 0.15) is 11.6 Å². The molecule has 37 heavy (non-hydrogen) atoms. The van der Waals surface area contributed by atoms with Crippen LogP contribution in [0.5, 0.6) is 0 Å². The number of piperidine rings is 1. The molecule has 1 aromatic carbocycles. The van der Waals surface area contributed by atoms with Crippen LogP contribution in [0.4, 0.5) is 5.69 Å². The van der Waals surface area contributed by atoms with Crippen LogP contribution < -0.4 is 11.1 Å². The molecule has 8 heteroatoms. The van der Waals surface area contributed by atoms with Gasteiger partial charge in [-0.05, 0) is 69.8 Å². The van der Waals surface area contributed by atoms with Crippen molar-refractivity contribution in [3.63, 3.8) is 0 Å². The van der Waals surface area contributed by atoms with Crippen LogP contribution in [0.2, 0.25) is 0 Å². The van der Waals surface area contributed by atoms with Crippen LogP contribution in [0.1, 0.15) is 82.1 Å². The summed E-state index contributed by atoms with van der Waals surface area (Å²) in [5, 5.41) is 3.34. The lowest BCUT2D eigenvalue weighted by molar-refractivity contribution is -0.124. The maximum atomic E-state index is 13.4. The summed E-state index contributed by atoms with van der Waals surface area (Å²) in [6.07, 6.45) is 11.6. The van der Waals surface area contributed by atoms with E-state index in [9.17, 15) is 9.59 Å². The molecular formula is C29H42N6O2. The molecular weight excluding hydrogens is 464 g/mol. The fraction of sp³-hybridized carbons (Fsp3) is 0.586. The van der Waals surface area contributed by atoms with Gasteiger partial charge in [0.15, 0.2) is 0 Å². The van der Waals surface area contributed by atoms with Crippen molar-refractivity contribution in [3.8, 4) is 11.3 Å². The molecule has 200 valence electrons. The average molecular weight is 507 g/mol. The second kappa shape index (κ2) is 12.0. The van der Waals surface area contributed by atoms with Gasteiger partial charge in [-0.25, -0.2) is 4.98 Å². The number of hydrogen-bond acceptors (Lipinski definition) is 6. The van der Waals surface area contributed by atoms with Crippen LogP contribution in [0.25, 0.3) is 11.3 Å². The number of carbonyl (C=O) groups is 2. The van der Waals surface area contributed by atoms with Gasteiger partial charge >= 0.3 is 0 Å². The Balaban J connectivity index is 1.45. The third kappa shape index (κ3) is 6.66. The number of aromatic nitrogens is 2. The van der Waals surface area contributed by atoms with E-state index in [2.05, 4.69) is 32.2 Å². The quantitative estimate of drug-likeness (QED) is 0.222. The standard InChI is InChI=1S/C29H42N6O2/c1-4-22(36)8-6-5-7-9-25(34-28(37)23-17-29(23)12-14-35(3)15-13-29)27-32-19-26(33-27)20-10-11-24(30)21(16-20)18-31-2/h10-11,16,18-19,23,25H,4-9,12-15,17,30H2,1-3H3,(H,32,33)(H,34,37)/t23-,25+/m1/s1. The lowest BCUT2D eigenvalue weighted by Crippen LogP contribution is -2.36. The van der Waals surface area contributed by atoms with Gasteiger partial charge in [0.25, 0.3) is 0 Å². The van der Waals surface area contributed by atoms with Crippen molar-refractivity contribution in [1.29, 1.82) is 0 Å². The minimum Gasteiger partial charge on any atom is -0.398 e. The molecule has 2 aromatic rings. The third-order valence-electron chi connectivity index (χ3n) is 8.24. The number of imidazole rings is 1. The minimum atomic E-state index is -0.183. The zero-order valence-electron chi connectivity index (χ0n) is 22.6. The first-order valence-corrected chi connectivity index (χ1v) is 13.7. The van der Waals surface area contributed by atoms with Crippen molar-refractivity contribution in [2.75, 3.05) is 32.9 Å². The Morgan fingerprint density at radius 3 is 2.81 bits per heavy atom. The number of aromatic amines is 1. The number of H-pyrrole nitrogens is 1. The number of nitrogen functional groups attached to an aromatic ring is 1. The summed E-state index contributed by atoms with van der Waals surface area (Å²) < 4.78 is 0. The van der Waals surface area contributed by atoms with Gasteiger partial charge in [-0.3, -0.25) is 14.6 Å². The third-order valence-corrected chi connectivity index (χ3v) is 8.24. The van der Waals surface area contributed by atoms with Crippen molar-refractivity contribution in [3.05, 3.63) is 35.8 Å². The number of unbranched alkanes of at least 4 members (excludes halogenated alkanes) is 2. The molecule has 0 unspecified atom stereocenters. The number of amides is 1. The van der Waals surface area contributed by atoms with Gasteiger partial charge in [-0.2, -0.15) is 0 Å². The highest BCUT2D eigenvalue weighted by molar-refractivity contribution is 5.89. The van der Waals surface area contributed by atoms with E-state index in [1.165, 1.54) is 0 Å². The number of anilines is 1. The monoisotopic (exact) mass is 506 g/mol. The summed E-state index contributed by atoms with van der Waals surface area (Å²) in [6, 6.07) is 5.65. The van der Waals surface area contributed by atoms with E-state index in [4.69, 9.17) is 5.73 Å². The van der Waals surface area contributed by atoms with E-state index < -0.39 is 0 Å². The summed E-state index contributed by atoms with van der Waals surface area (Å²) in [5.74, 6) is 1.35. The number of aliphatic imine (C=N–C) groups is 1. The van der Waals surface area contributed by atoms with Crippen LogP contribution in [0, 0.1) is 11.3 Å². The fourth-order valence-electron chi connectivity index (χ4n) is 5.56. The molecule has 2 aliphatic rings. The number of Topliss-reactive ketones (excluding diaryl/α,β-unsaturated/α-hetero) is 1. The number of rotatable bonds is 12. The van der Waals surface area contributed by atoms with Crippen molar-refractivity contribution >= 4 is 23.6 Å². The van der Waals surface area contributed by atoms with Crippen molar-refractivity contribution < 1.29 is 9.59 Å². The Kier molecular flexibility index (Phi) is 8.79. The first-order chi connectivity index (χ1) is 17.8. The molecule has 0 radical (unpaired) electrons. The highest BCUT2D eigenvalue weighted by Gasteiger charge is 2.58. The molecule has 2 atom stereocenters. The summed E-state index contributed by atoms with van der Waals surface area (Å²) >= 11 is 0. The molecule has 1 spiro atoms. The Labute approximate surface area is 220 Å². The normalized spacial score (nSPS) is 19.8. The molecule has 1 amide bonds. The number of benzene rings is 1. The number of nitrogens with zero attached hydrogens (tertiary/aromatic N) is 3. The number of nitrogens with one attached hydrogen (secondary N) is 2. The molecule has 4 N–H and O–H groups in total. The van der Waals surface area contributed by atoms with Gasteiger partial charge in [0.05, 0.1) is 17.9 Å². The largest absolute Gasteiger partial charge is 0.398 e. The van der Waals surface area contributed by atoms with Gasteiger partial charge in [-0.1, -0.05) is 25.8 Å². The van der Waals surface area contributed by atoms with E-state index in [1.54, 1.807) is 13.3 Å². The van der Waals surface area contributed by atoms with Crippen LogP contribution in [-0.4, -0.2) is 60.0 Å². The van der Waals surface area contributed by atoms with Crippen molar-refractivity contribution in [2.45, 2.75) is 70.8 Å². The second-order valence-electron chi connectivity index (χ2n) is 10.9. The van der Waals surface area contributed by atoms with E-state index in [-0.39, 0.29) is 23.3 Å². The Morgan fingerprint density at radius 1 is 1.30 bits per heavy atom. The fourth-order valence-corrected chi connectivity index (χ4v) is 5.56. The summed E-state index contributed by atoms with van der Waals surface area (Å²) in [6.45, 7) is 4.05. The molecule has 1 aliphatic heterocycles. The Bertz CT molecular complexity index is 1120. The van der Waals surface area contributed by atoms with Crippen LogP contribution in [0.15, 0.2) is 29.4 Å². The Morgan fingerprint density at radius 2 is 2.08 bits per heavy atom. The van der Waals surface area contributed by atoms with Crippen LogP contribution in [0.3, 0.4) is 0 Å². The lowest BCUT2D eigenvalue weighted by Gasteiger charge is -2.30. The molecule has 1 saturated heterocycles. The molecule has 2 fully saturated rings. The first-order valence-electron chi connectivity index (χ1n) is 13.7. The maximum absolute atomic E-state index is 13.4. The van der Waals surface area contributed by atoms with Crippen molar-refractivity contribution in [1.82, 2.24) is 20.2 Å². The van der Waals surface area contributed by atoms with Crippen molar-refractivity contribution in [2.24, 2.45) is 16.3 Å². The van der Waals surface area contributed by atoms with Gasteiger partial charge in [-0.15, -0.1) is 0 Å². The van der Waals surface area contributed by atoms with Gasteiger partial charge in [0, 0.05) is 48.8 Å². The molecule has 4 rings (SSSR count). The smallest absolute Gasteiger partial charge is 0.224 e. The van der Waals surface area contributed by atoms with E-state index in [0.717, 1.165) is 80.7 Å². The predicted octanol–water partition coefficient (Wildman–Crippen LogP) is 4.53. The highest BCUT2D eigenvalue weighted by atomic mass is 16.2. The summed E-state index contributed by atoms with van der Waals surface area (Å²) in [4.78, 5) is 39.6. The molecule has 1 aromatic heterocycles. The summed E-state index contributed by atoms with van der Waals surface area (Å²) in [7, 11) is 3.88. The summed E-state index contributed by atoms with van der Waals surface area (Å²) in [5.41, 5.74) is 9.66. The van der Waals surface area contributed by atoms with Crippen LogP contribution in [-0.2, 0) is 9.59 Å². The number of carbonyl (C=O) groups excluding carboxylic acids is 2. The lowest BCUT2D eigenvalue weighted by atomic mass is 9.91. The first kappa shape index (κ1) is 27.0. The van der Waals surface area contributed by atoms with E-state index >= 15 is 0 Å². The zero-order chi connectivity index (χ0) is 26.4. The van der Waals surface area contributed by atoms with E-state index in [1.807, 2.05) is 31.3 Å². The van der Waals surface area contributed by atoms with E-state index in [0.29, 0.717) is 24.3 Å². The predicted molar refractivity (Wildman–Crippen MR) is 148 cm³/mol. The Hall–Kier alpha value is -3.00. The molecule has 1 saturated carbocycles.